The number of hydrogen-bond acceptors (Lipinski definition) is 4. The maximum atomic E-state index is 12.9. The van der Waals surface area contributed by atoms with Crippen molar-refractivity contribution in [1.82, 2.24) is 13.5 Å². The Morgan fingerprint density at radius 1 is 1.00 bits per heavy atom. The first-order valence-electron chi connectivity index (χ1n) is 9.66. The normalized spacial score (nSPS) is 26.3. The van der Waals surface area contributed by atoms with Gasteiger partial charge in [0, 0.05) is 39.3 Å². The fraction of sp³-hybridized carbons (Fsp3) is 0.941. The number of hydrogen-bond donors (Lipinski definition) is 1. The van der Waals surface area contributed by atoms with E-state index in [1.165, 1.54) is 10.7 Å². The molecule has 25 heavy (non-hydrogen) atoms. The largest absolute Gasteiger partial charge is 0.338 e. The van der Waals surface area contributed by atoms with E-state index < -0.39 is 15.7 Å². The van der Waals surface area contributed by atoms with Crippen molar-refractivity contribution in [3.63, 3.8) is 0 Å². The molecule has 8 heteroatoms. The highest BCUT2D eigenvalue weighted by molar-refractivity contribution is 7.86. The Morgan fingerprint density at radius 2 is 1.56 bits per heavy atom. The number of carbonyl (C=O) groups excluding carboxylic acids is 1. The van der Waals surface area contributed by atoms with E-state index in [-0.39, 0.29) is 11.9 Å². The van der Waals surface area contributed by atoms with E-state index in [2.05, 4.69) is 0 Å². The summed E-state index contributed by atoms with van der Waals surface area (Å²) in [6.07, 6.45) is 8.80. The number of carbonyl (C=O) groups is 1. The van der Waals surface area contributed by atoms with Gasteiger partial charge in [-0.05, 0) is 25.7 Å². The third-order valence-corrected chi connectivity index (χ3v) is 8.27. The molecule has 3 fully saturated rings. The van der Waals surface area contributed by atoms with Crippen LogP contribution in [0.2, 0.25) is 0 Å². The molecule has 1 aliphatic heterocycles. The van der Waals surface area contributed by atoms with Crippen LogP contribution in [0, 0.1) is 0 Å². The Bertz CT molecular complexity index is 575. The molecule has 0 aromatic rings. The molecule has 7 nitrogen and oxygen atoms in total. The van der Waals surface area contributed by atoms with E-state index in [9.17, 15) is 13.2 Å². The average Bonchev–Trinajstić information content (AvgIpc) is 3.09. The van der Waals surface area contributed by atoms with Crippen LogP contribution in [-0.2, 0) is 15.0 Å². The summed E-state index contributed by atoms with van der Waals surface area (Å²) in [4.78, 5) is 14.4. The van der Waals surface area contributed by atoms with E-state index in [1.54, 1.807) is 16.3 Å². The van der Waals surface area contributed by atoms with E-state index in [4.69, 9.17) is 5.73 Å². The van der Waals surface area contributed by atoms with Crippen LogP contribution in [0.5, 0.6) is 0 Å². The van der Waals surface area contributed by atoms with Gasteiger partial charge in [-0.3, -0.25) is 4.79 Å². The number of piperazine rings is 1. The summed E-state index contributed by atoms with van der Waals surface area (Å²) < 4.78 is 28.9. The standard InChI is InChI=1S/C17H32N4O3S/c1-19(15-7-3-2-4-8-15)25(23,24)21-13-11-20(12-14-21)16(22)17(18)9-5-6-10-17/h15H,2-14,18H2,1H3. The maximum absolute atomic E-state index is 12.9. The zero-order valence-electron chi connectivity index (χ0n) is 15.3. The lowest BCUT2D eigenvalue weighted by atomic mass is 9.96. The first-order valence-corrected chi connectivity index (χ1v) is 11.1. The summed E-state index contributed by atoms with van der Waals surface area (Å²) in [5, 5.41) is 0. The average molecular weight is 373 g/mol. The monoisotopic (exact) mass is 372 g/mol. The van der Waals surface area contributed by atoms with E-state index in [0.717, 1.165) is 51.4 Å². The second kappa shape index (κ2) is 7.50. The van der Waals surface area contributed by atoms with Gasteiger partial charge in [-0.1, -0.05) is 32.1 Å². The Morgan fingerprint density at radius 3 is 2.12 bits per heavy atom. The van der Waals surface area contributed by atoms with Gasteiger partial charge in [0.2, 0.25) is 5.91 Å². The van der Waals surface area contributed by atoms with Crippen LogP contribution in [0.3, 0.4) is 0 Å². The first-order chi connectivity index (χ1) is 11.8. The van der Waals surface area contributed by atoms with Gasteiger partial charge in [-0.15, -0.1) is 0 Å². The highest BCUT2D eigenvalue weighted by Crippen LogP contribution is 2.30. The Labute approximate surface area is 151 Å². The van der Waals surface area contributed by atoms with Crippen molar-refractivity contribution in [2.24, 2.45) is 5.73 Å². The molecule has 3 aliphatic rings. The molecule has 0 unspecified atom stereocenters. The molecule has 3 rings (SSSR count). The summed E-state index contributed by atoms with van der Waals surface area (Å²) in [5.41, 5.74) is 5.55. The minimum absolute atomic E-state index is 0.00248. The SMILES string of the molecule is CN(C1CCCCC1)S(=O)(=O)N1CCN(C(=O)C2(N)CCCC2)CC1. The Balaban J connectivity index is 1.58. The predicted octanol–water partition coefficient (Wildman–Crippen LogP) is 0.911. The summed E-state index contributed by atoms with van der Waals surface area (Å²) >= 11 is 0. The fourth-order valence-corrected chi connectivity index (χ4v) is 6.05. The number of nitrogens with two attached hydrogens (primary N) is 1. The second-order valence-electron chi connectivity index (χ2n) is 7.87. The van der Waals surface area contributed by atoms with Gasteiger partial charge in [-0.2, -0.15) is 17.0 Å². The van der Waals surface area contributed by atoms with E-state index in [1.807, 2.05) is 0 Å². The van der Waals surface area contributed by atoms with Crippen LogP contribution < -0.4 is 5.73 Å². The number of rotatable bonds is 4. The highest BCUT2D eigenvalue weighted by Gasteiger charge is 2.42. The summed E-state index contributed by atoms with van der Waals surface area (Å²) in [5.74, 6) is 0.00248. The minimum Gasteiger partial charge on any atom is -0.338 e. The molecule has 144 valence electrons. The Kier molecular flexibility index (Phi) is 5.72. The molecule has 1 amide bonds. The van der Waals surface area contributed by atoms with Crippen molar-refractivity contribution in [2.75, 3.05) is 33.2 Å². The van der Waals surface area contributed by atoms with Crippen molar-refractivity contribution in [2.45, 2.75) is 69.4 Å². The topological polar surface area (TPSA) is 87.0 Å². The maximum Gasteiger partial charge on any atom is 0.282 e. The lowest BCUT2D eigenvalue weighted by Gasteiger charge is -2.40. The Hall–Kier alpha value is -0.700. The molecule has 2 aliphatic carbocycles. The van der Waals surface area contributed by atoms with E-state index >= 15 is 0 Å². The summed E-state index contributed by atoms with van der Waals surface area (Å²) in [6, 6.07) is 0.115. The van der Waals surface area contributed by atoms with Crippen LogP contribution in [0.25, 0.3) is 0 Å². The molecule has 0 bridgehead atoms. The molecule has 0 atom stereocenters. The van der Waals surface area contributed by atoms with Crippen LogP contribution in [0.1, 0.15) is 57.8 Å². The zero-order valence-corrected chi connectivity index (χ0v) is 16.1. The van der Waals surface area contributed by atoms with Crippen molar-refractivity contribution in [3.8, 4) is 0 Å². The lowest BCUT2D eigenvalue weighted by molar-refractivity contribution is -0.138. The van der Waals surface area contributed by atoms with Crippen molar-refractivity contribution >= 4 is 16.1 Å². The van der Waals surface area contributed by atoms with Gasteiger partial charge in [0.15, 0.2) is 0 Å². The lowest BCUT2D eigenvalue weighted by Crippen LogP contribution is -2.60. The van der Waals surface area contributed by atoms with Crippen LogP contribution in [0.4, 0.5) is 0 Å². The smallest absolute Gasteiger partial charge is 0.282 e. The third-order valence-electron chi connectivity index (χ3n) is 6.23. The van der Waals surface area contributed by atoms with Gasteiger partial charge in [0.05, 0.1) is 5.54 Å². The van der Waals surface area contributed by atoms with E-state index in [0.29, 0.717) is 26.2 Å². The summed E-state index contributed by atoms with van der Waals surface area (Å²) in [7, 11) is -1.74. The van der Waals surface area contributed by atoms with Crippen molar-refractivity contribution < 1.29 is 13.2 Å². The van der Waals surface area contributed by atoms with Gasteiger partial charge >= 0.3 is 0 Å². The van der Waals surface area contributed by atoms with Crippen LogP contribution in [-0.4, -0.2) is 72.6 Å². The fourth-order valence-electron chi connectivity index (χ4n) is 4.47. The molecule has 1 saturated heterocycles. The third kappa shape index (κ3) is 3.86. The minimum atomic E-state index is -3.45. The molecule has 1 heterocycles. The molecular weight excluding hydrogens is 340 g/mol. The van der Waals surface area contributed by atoms with Gasteiger partial charge < -0.3 is 10.6 Å². The molecule has 2 saturated carbocycles. The van der Waals surface area contributed by atoms with Gasteiger partial charge in [0.25, 0.3) is 10.2 Å². The predicted molar refractivity (Wildman–Crippen MR) is 97.1 cm³/mol. The number of nitrogens with zero attached hydrogens (tertiary/aromatic N) is 3. The van der Waals surface area contributed by atoms with Crippen LogP contribution in [0.15, 0.2) is 0 Å². The number of amides is 1. The van der Waals surface area contributed by atoms with Crippen molar-refractivity contribution in [3.05, 3.63) is 0 Å². The first kappa shape index (κ1) is 19.1. The van der Waals surface area contributed by atoms with Crippen molar-refractivity contribution in [1.29, 1.82) is 0 Å². The molecule has 0 spiro atoms. The molecular formula is C17H32N4O3S. The van der Waals surface area contributed by atoms with Gasteiger partial charge in [0.1, 0.15) is 0 Å². The summed E-state index contributed by atoms with van der Waals surface area (Å²) in [6.45, 7) is 1.60. The molecule has 0 radical (unpaired) electrons. The second-order valence-corrected chi connectivity index (χ2v) is 9.86. The highest BCUT2D eigenvalue weighted by atomic mass is 32.2. The van der Waals surface area contributed by atoms with Crippen LogP contribution >= 0.6 is 0 Å². The molecule has 0 aromatic heterocycles. The zero-order chi connectivity index (χ0) is 18.1. The molecule has 0 aromatic carbocycles. The molecule has 2 N–H and O–H groups in total. The quantitative estimate of drug-likeness (QED) is 0.795. The van der Waals surface area contributed by atoms with Gasteiger partial charge in [-0.25, -0.2) is 0 Å².